The Hall–Kier alpha value is -2.94. The summed E-state index contributed by atoms with van der Waals surface area (Å²) in [5, 5.41) is 5.03. The van der Waals surface area contributed by atoms with Crippen molar-refractivity contribution in [1.29, 1.82) is 0 Å². The van der Waals surface area contributed by atoms with E-state index in [1.165, 1.54) is 7.11 Å². The van der Waals surface area contributed by atoms with E-state index in [1.807, 2.05) is 72.8 Å². The average molecular weight is 462 g/mol. The molecule has 0 radical (unpaired) electrons. The average Bonchev–Trinajstić information content (AvgIpc) is 2.83. The number of methoxy groups -OCH3 is 1. The fourth-order valence-corrected chi connectivity index (χ4v) is 6.06. The minimum absolute atomic E-state index is 0.0435. The molecule has 3 rings (SSSR count). The molecule has 1 N–H and O–H groups in total. The minimum atomic E-state index is -3.14. The van der Waals surface area contributed by atoms with Gasteiger partial charge in [0.15, 0.2) is 0 Å². The van der Waals surface area contributed by atoms with Gasteiger partial charge in [0.25, 0.3) is 0 Å². The first-order chi connectivity index (χ1) is 15.7. The van der Waals surface area contributed by atoms with Gasteiger partial charge in [-0.3, -0.25) is 9.65 Å². The van der Waals surface area contributed by atoms with Crippen LogP contribution < -0.4 is 15.7 Å². The molecule has 0 bridgehead atoms. The Balaban J connectivity index is 2.03. The summed E-state index contributed by atoms with van der Waals surface area (Å²) in [7, 11) is -1.77. The van der Waals surface area contributed by atoms with Crippen molar-refractivity contribution in [3.8, 4) is 0 Å². The molecule has 172 valence electrons. The molecule has 0 spiro atoms. The Morgan fingerprint density at radius 3 is 1.88 bits per heavy atom. The third kappa shape index (κ3) is 6.54. The number of hydrogen-bond donors (Lipinski definition) is 1. The summed E-state index contributed by atoms with van der Waals surface area (Å²) in [5.41, 5.74) is 1.48. The molecule has 1 unspecified atom stereocenters. The highest BCUT2D eigenvalue weighted by Gasteiger charge is 2.30. The number of benzene rings is 3. The van der Waals surface area contributed by atoms with E-state index in [4.69, 9.17) is 4.74 Å². The van der Waals surface area contributed by atoms with Crippen molar-refractivity contribution in [2.24, 2.45) is 5.41 Å². The van der Waals surface area contributed by atoms with Crippen LogP contribution in [-0.2, 0) is 9.30 Å². The Morgan fingerprint density at radius 1 is 0.909 bits per heavy atom. The van der Waals surface area contributed by atoms with Crippen molar-refractivity contribution in [1.82, 2.24) is 5.09 Å². The van der Waals surface area contributed by atoms with Crippen LogP contribution in [0.1, 0.15) is 49.2 Å². The first-order valence-electron chi connectivity index (χ1n) is 11.1. The van der Waals surface area contributed by atoms with Gasteiger partial charge < -0.3 is 4.74 Å². The molecule has 0 saturated carbocycles. The van der Waals surface area contributed by atoms with E-state index >= 15 is 0 Å². The highest BCUT2D eigenvalue weighted by Crippen LogP contribution is 2.42. The lowest BCUT2D eigenvalue weighted by atomic mass is 9.94. The maximum absolute atomic E-state index is 14.6. The Labute approximate surface area is 197 Å². The monoisotopic (exact) mass is 461 g/mol. The maximum Gasteiger partial charge on any atom is 0.337 e. The van der Waals surface area contributed by atoms with Gasteiger partial charge in [-0.05, 0) is 53.8 Å². The lowest BCUT2D eigenvalue weighted by Crippen LogP contribution is -2.30. The van der Waals surface area contributed by atoms with Crippen LogP contribution in [-0.4, -0.2) is 13.1 Å². The second kappa shape index (κ2) is 10.8. The Kier molecular flexibility index (Phi) is 8.07. The summed E-state index contributed by atoms with van der Waals surface area (Å²) in [6, 6.07) is 26.2. The first kappa shape index (κ1) is 24.7. The SMILES string of the molecule is COC(=O)c1ccc(C(C/C=C\C(C)(C)C)NP(=O)(c2ccccc2)c2ccccc2)cc1. The zero-order valence-electron chi connectivity index (χ0n) is 19.7. The second-order valence-electron chi connectivity index (χ2n) is 9.08. The van der Waals surface area contributed by atoms with Gasteiger partial charge in [-0.2, -0.15) is 0 Å². The molecule has 0 aliphatic carbocycles. The quantitative estimate of drug-likeness (QED) is 0.253. The van der Waals surface area contributed by atoms with Gasteiger partial charge in [-0.25, -0.2) is 4.79 Å². The van der Waals surface area contributed by atoms with E-state index in [1.54, 1.807) is 12.1 Å². The van der Waals surface area contributed by atoms with E-state index < -0.39 is 7.29 Å². The smallest absolute Gasteiger partial charge is 0.337 e. The van der Waals surface area contributed by atoms with Gasteiger partial charge in [0, 0.05) is 16.7 Å². The highest BCUT2D eigenvalue weighted by atomic mass is 31.2. The summed E-state index contributed by atoms with van der Waals surface area (Å²) in [4.78, 5) is 11.9. The van der Waals surface area contributed by atoms with E-state index in [0.29, 0.717) is 12.0 Å². The van der Waals surface area contributed by atoms with Crippen LogP contribution in [0.5, 0.6) is 0 Å². The number of hydrogen-bond acceptors (Lipinski definition) is 3. The molecule has 0 fully saturated rings. The number of carbonyl (C=O) groups excluding carboxylic acids is 1. The predicted molar refractivity (Wildman–Crippen MR) is 137 cm³/mol. The molecule has 33 heavy (non-hydrogen) atoms. The number of ether oxygens (including phenoxy) is 1. The molecule has 0 amide bonds. The van der Waals surface area contributed by atoms with Crippen LogP contribution in [0.3, 0.4) is 0 Å². The topological polar surface area (TPSA) is 55.4 Å². The predicted octanol–water partition coefficient (Wildman–Crippen LogP) is 6.03. The van der Waals surface area contributed by atoms with Crippen LogP contribution in [0.25, 0.3) is 0 Å². The van der Waals surface area contributed by atoms with Gasteiger partial charge >= 0.3 is 5.97 Å². The van der Waals surface area contributed by atoms with E-state index in [2.05, 4.69) is 38.0 Å². The normalized spacial score (nSPS) is 13.1. The molecule has 0 aliphatic rings. The molecule has 4 nitrogen and oxygen atoms in total. The zero-order chi connectivity index (χ0) is 23.9. The van der Waals surface area contributed by atoms with Crippen LogP contribution in [0.4, 0.5) is 0 Å². The minimum Gasteiger partial charge on any atom is -0.465 e. The number of rotatable bonds is 8. The van der Waals surface area contributed by atoms with Crippen molar-refractivity contribution in [2.75, 3.05) is 7.11 Å². The summed E-state index contributed by atoms with van der Waals surface area (Å²) < 4.78 is 19.4. The van der Waals surface area contributed by atoms with Gasteiger partial charge in [-0.15, -0.1) is 0 Å². The fraction of sp³-hybridized carbons (Fsp3) is 0.250. The largest absolute Gasteiger partial charge is 0.465 e. The third-order valence-corrected chi connectivity index (χ3v) is 8.03. The second-order valence-corrected chi connectivity index (χ2v) is 11.6. The highest BCUT2D eigenvalue weighted by molar-refractivity contribution is 7.76. The van der Waals surface area contributed by atoms with Gasteiger partial charge in [-0.1, -0.05) is 81.5 Å². The molecule has 0 saturated heterocycles. The fourth-order valence-electron chi connectivity index (χ4n) is 3.58. The zero-order valence-corrected chi connectivity index (χ0v) is 20.6. The van der Waals surface area contributed by atoms with Crippen molar-refractivity contribution < 1.29 is 14.1 Å². The number of allylic oxidation sites excluding steroid dienone is 1. The van der Waals surface area contributed by atoms with Gasteiger partial charge in [0.1, 0.15) is 0 Å². The Bertz CT molecular complexity index is 1070. The van der Waals surface area contributed by atoms with Crippen LogP contribution in [0.15, 0.2) is 97.1 Å². The molecular weight excluding hydrogens is 429 g/mol. The first-order valence-corrected chi connectivity index (χ1v) is 12.8. The number of nitrogens with one attached hydrogen (secondary N) is 1. The number of esters is 1. The van der Waals surface area contributed by atoms with Gasteiger partial charge in [0.05, 0.1) is 12.7 Å². The molecule has 0 aromatic heterocycles. The molecule has 0 aliphatic heterocycles. The number of carbonyl (C=O) groups is 1. The standard InChI is InChI=1S/C28H32NO3P/c1-28(2,3)21-11-16-26(22-17-19-23(20-18-22)27(30)32-4)29-33(31,24-12-7-5-8-13-24)25-14-9-6-10-15-25/h5-15,17-21,26H,16H2,1-4H3,(H,29,31)/b21-11-. The van der Waals surface area contributed by atoms with Crippen LogP contribution >= 0.6 is 7.29 Å². The third-order valence-electron chi connectivity index (χ3n) is 5.30. The van der Waals surface area contributed by atoms with E-state index in [9.17, 15) is 9.36 Å². The molecular formula is C28H32NO3P. The van der Waals surface area contributed by atoms with Crippen LogP contribution in [0, 0.1) is 5.41 Å². The summed E-state index contributed by atoms with van der Waals surface area (Å²) in [6.07, 6.45) is 4.95. The van der Waals surface area contributed by atoms with E-state index in [-0.39, 0.29) is 17.4 Å². The summed E-state index contributed by atoms with van der Waals surface area (Å²) in [5.74, 6) is -0.377. The molecule has 0 heterocycles. The molecule has 3 aromatic carbocycles. The molecule has 3 aromatic rings. The lowest BCUT2D eigenvalue weighted by Gasteiger charge is -2.27. The lowest BCUT2D eigenvalue weighted by molar-refractivity contribution is 0.0600. The summed E-state index contributed by atoms with van der Waals surface area (Å²) >= 11 is 0. The Morgan fingerprint density at radius 2 is 1.42 bits per heavy atom. The van der Waals surface area contributed by atoms with Crippen molar-refractivity contribution in [3.05, 3.63) is 108 Å². The molecule has 1 atom stereocenters. The van der Waals surface area contributed by atoms with Crippen molar-refractivity contribution in [3.63, 3.8) is 0 Å². The van der Waals surface area contributed by atoms with Crippen molar-refractivity contribution >= 4 is 23.9 Å². The molecule has 5 heteroatoms. The van der Waals surface area contributed by atoms with Crippen molar-refractivity contribution in [2.45, 2.75) is 33.2 Å². The summed E-state index contributed by atoms with van der Waals surface area (Å²) in [6.45, 7) is 6.45. The maximum atomic E-state index is 14.6. The van der Waals surface area contributed by atoms with Crippen LogP contribution in [0.2, 0.25) is 0 Å². The van der Waals surface area contributed by atoms with E-state index in [0.717, 1.165) is 16.2 Å². The van der Waals surface area contributed by atoms with Gasteiger partial charge in [0.2, 0.25) is 7.29 Å².